The Morgan fingerprint density at radius 2 is 1.80 bits per heavy atom. The van der Waals surface area contributed by atoms with E-state index in [0.29, 0.717) is 0 Å². The van der Waals surface area contributed by atoms with Crippen molar-refractivity contribution in [1.29, 1.82) is 0 Å². The van der Waals surface area contributed by atoms with Crippen molar-refractivity contribution < 1.29 is 0 Å². The van der Waals surface area contributed by atoms with Crippen LogP contribution in [0.4, 0.5) is 0 Å². The normalized spacial score (nSPS) is 12.8. The number of hydrogen-bond acceptors (Lipinski definition) is 2. The van der Waals surface area contributed by atoms with Crippen LogP contribution in [-0.2, 0) is 0 Å². The van der Waals surface area contributed by atoms with Crippen LogP contribution in [0.15, 0.2) is 48.5 Å². The number of benzene rings is 2. The molecule has 1 atom stereocenters. The number of nitrogens with one attached hydrogen (secondary N) is 1. The Kier molecular flexibility index (Phi) is 3.60. The Morgan fingerprint density at radius 1 is 1.00 bits per heavy atom. The van der Waals surface area contributed by atoms with Crippen LogP contribution in [0.3, 0.4) is 0 Å². The molecule has 0 aliphatic heterocycles. The quantitative estimate of drug-likeness (QED) is 0.725. The van der Waals surface area contributed by atoms with Crippen molar-refractivity contribution >= 4 is 21.4 Å². The number of aryl methyl sites for hydroxylation is 2. The molecular weight excluding hydrogens is 262 g/mol. The SMILES string of the molecule is CNC(c1cc2ccccc2s1)c1ccc(C)cc1C. The van der Waals surface area contributed by atoms with E-state index in [-0.39, 0.29) is 6.04 Å². The molecule has 3 rings (SSSR count). The van der Waals surface area contributed by atoms with Gasteiger partial charge in [-0.3, -0.25) is 0 Å². The lowest BCUT2D eigenvalue weighted by Crippen LogP contribution is -2.17. The maximum atomic E-state index is 3.47. The summed E-state index contributed by atoms with van der Waals surface area (Å²) < 4.78 is 1.35. The minimum absolute atomic E-state index is 0.271. The first-order valence-electron chi connectivity index (χ1n) is 6.92. The van der Waals surface area contributed by atoms with E-state index in [9.17, 15) is 0 Å². The van der Waals surface area contributed by atoms with Crippen molar-refractivity contribution in [3.8, 4) is 0 Å². The highest BCUT2D eigenvalue weighted by atomic mass is 32.1. The highest BCUT2D eigenvalue weighted by Crippen LogP contribution is 2.34. The third kappa shape index (κ3) is 2.37. The summed E-state index contributed by atoms with van der Waals surface area (Å²) in [5.74, 6) is 0. The van der Waals surface area contributed by atoms with Crippen LogP contribution in [-0.4, -0.2) is 7.05 Å². The van der Waals surface area contributed by atoms with E-state index in [1.165, 1.54) is 31.7 Å². The van der Waals surface area contributed by atoms with Gasteiger partial charge in [-0.2, -0.15) is 0 Å². The van der Waals surface area contributed by atoms with E-state index in [2.05, 4.69) is 67.7 Å². The van der Waals surface area contributed by atoms with Gasteiger partial charge in [0.1, 0.15) is 0 Å². The fourth-order valence-electron chi connectivity index (χ4n) is 2.75. The molecule has 1 nitrogen and oxygen atoms in total. The van der Waals surface area contributed by atoms with Gasteiger partial charge in [0.15, 0.2) is 0 Å². The zero-order valence-electron chi connectivity index (χ0n) is 12.1. The first kappa shape index (κ1) is 13.3. The standard InChI is InChI=1S/C18H19NS/c1-12-8-9-15(13(2)10-12)18(19-3)17-11-14-6-4-5-7-16(14)20-17/h4-11,18-19H,1-3H3. The molecule has 20 heavy (non-hydrogen) atoms. The van der Waals surface area contributed by atoms with Crippen LogP contribution >= 0.6 is 11.3 Å². The molecule has 0 bridgehead atoms. The third-order valence-corrected chi connectivity index (χ3v) is 4.94. The summed E-state index contributed by atoms with van der Waals surface area (Å²) in [4.78, 5) is 1.38. The highest BCUT2D eigenvalue weighted by molar-refractivity contribution is 7.19. The lowest BCUT2D eigenvalue weighted by Gasteiger charge is -2.18. The van der Waals surface area contributed by atoms with Gasteiger partial charge in [-0.15, -0.1) is 11.3 Å². The predicted octanol–water partition coefficient (Wildman–Crippen LogP) is 4.83. The molecule has 1 aromatic heterocycles. The molecule has 102 valence electrons. The molecule has 0 saturated heterocycles. The fraction of sp³-hybridized carbons (Fsp3) is 0.222. The van der Waals surface area contributed by atoms with Gasteiger partial charge in [-0.1, -0.05) is 42.0 Å². The Morgan fingerprint density at radius 3 is 2.50 bits per heavy atom. The summed E-state index contributed by atoms with van der Waals surface area (Å²) in [5.41, 5.74) is 4.03. The maximum Gasteiger partial charge on any atom is 0.0671 e. The summed E-state index contributed by atoms with van der Waals surface area (Å²) in [6.07, 6.45) is 0. The van der Waals surface area contributed by atoms with Crippen molar-refractivity contribution in [2.75, 3.05) is 7.05 Å². The average Bonchev–Trinajstić information content (AvgIpc) is 2.85. The molecule has 2 heteroatoms. The number of hydrogen-bond donors (Lipinski definition) is 1. The van der Waals surface area contributed by atoms with Crippen molar-refractivity contribution in [3.05, 3.63) is 70.1 Å². The topological polar surface area (TPSA) is 12.0 Å². The van der Waals surface area contributed by atoms with Crippen LogP contribution < -0.4 is 5.32 Å². The molecule has 1 N–H and O–H groups in total. The predicted molar refractivity (Wildman–Crippen MR) is 88.6 cm³/mol. The average molecular weight is 281 g/mol. The minimum Gasteiger partial charge on any atom is -0.309 e. The lowest BCUT2D eigenvalue weighted by molar-refractivity contribution is 0.699. The van der Waals surface area contributed by atoms with E-state index in [1.807, 2.05) is 18.4 Å². The summed E-state index contributed by atoms with van der Waals surface area (Å²) in [6, 6.07) is 17.9. The van der Waals surface area contributed by atoms with Gasteiger partial charge < -0.3 is 5.32 Å². The second-order valence-corrected chi connectivity index (χ2v) is 6.38. The Bertz CT molecular complexity index is 709. The van der Waals surface area contributed by atoms with Crippen LogP contribution in [0.1, 0.15) is 27.6 Å². The second kappa shape index (κ2) is 5.39. The van der Waals surface area contributed by atoms with Gasteiger partial charge >= 0.3 is 0 Å². The van der Waals surface area contributed by atoms with Crippen molar-refractivity contribution in [2.45, 2.75) is 19.9 Å². The zero-order valence-corrected chi connectivity index (χ0v) is 12.9. The summed E-state index contributed by atoms with van der Waals surface area (Å²) in [6.45, 7) is 4.34. The lowest BCUT2D eigenvalue weighted by atomic mass is 9.98. The Balaban J connectivity index is 2.08. The van der Waals surface area contributed by atoms with Crippen LogP contribution in [0.5, 0.6) is 0 Å². The van der Waals surface area contributed by atoms with Gasteiger partial charge in [0.05, 0.1) is 6.04 Å². The molecular formula is C18H19NS. The van der Waals surface area contributed by atoms with Gasteiger partial charge in [0.2, 0.25) is 0 Å². The van der Waals surface area contributed by atoms with E-state index in [4.69, 9.17) is 0 Å². The van der Waals surface area contributed by atoms with Crippen molar-refractivity contribution in [1.82, 2.24) is 5.32 Å². The number of thiophene rings is 1. The second-order valence-electron chi connectivity index (χ2n) is 5.27. The van der Waals surface area contributed by atoms with Gasteiger partial charge in [0, 0.05) is 9.58 Å². The van der Waals surface area contributed by atoms with Crippen LogP contribution in [0.25, 0.3) is 10.1 Å². The molecule has 3 aromatic rings. The molecule has 0 aliphatic rings. The fourth-order valence-corrected chi connectivity index (χ4v) is 3.94. The molecule has 0 aliphatic carbocycles. The number of fused-ring (bicyclic) bond motifs is 1. The number of rotatable bonds is 3. The summed E-state index contributed by atoms with van der Waals surface area (Å²) in [7, 11) is 2.04. The van der Waals surface area contributed by atoms with E-state index >= 15 is 0 Å². The molecule has 0 fully saturated rings. The largest absolute Gasteiger partial charge is 0.309 e. The highest BCUT2D eigenvalue weighted by Gasteiger charge is 2.16. The summed E-state index contributed by atoms with van der Waals surface area (Å²) >= 11 is 1.88. The molecule has 1 heterocycles. The summed E-state index contributed by atoms with van der Waals surface area (Å²) in [5, 5.41) is 4.80. The smallest absolute Gasteiger partial charge is 0.0671 e. The third-order valence-electron chi connectivity index (χ3n) is 3.75. The van der Waals surface area contributed by atoms with Crippen LogP contribution in [0.2, 0.25) is 0 Å². The molecule has 0 radical (unpaired) electrons. The van der Waals surface area contributed by atoms with Gasteiger partial charge in [-0.25, -0.2) is 0 Å². The molecule has 1 unspecified atom stereocenters. The molecule has 0 spiro atoms. The van der Waals surface area contributed by atoms with Crippen molar-refractivity contribution in [3.63, 3.8) is 0 Å². The molecule has 0 saturated carbocycles. The van der Waals surface area contributed by atoms with Crippen LogP contribution in [0, 0.1) is 13.8 Å². The monoisotopic (exact) mass is 281 g/mol. The first-order chi connectivity index (χ1) is 9.69. The molecule has 0 amide bonds. The van der Waals surface area contributed by atoms with E-state index in [0.717, 1.165) is 0 Å². The van der Waals surface area contributed by atoms with E-state index < -0.39 is 0 Å². The van der Waals surface area contributed by atoms with Crippen molar-refractivity contribution in [2.24, 2.45) is 0 Å². The Hall–Kier alpha value is -1.64. The first-order valence-corrected chi connectivity index (χ1v) is 7.73. The minimum atomic E-state index is 0.271. The Labute approximate surface area is 124 Å². The van der Waals surface area contributed by atoms with Gasteiger partial charge in [0.25, 0.3) is 0 Å². The van der Waals surface area contributed by atoms with E-state index in [1.54, 1.807) is 0 Å². The van der Waals surface area contributed by atoms with Gasteiger partial charge in [-0.05, 0) is 49.5 Å². The molecule has 2 aromatic carbocycles. The zero-order chi connectivity index (χ0) is 14.1. The maximum absolute atomic E-state index is 3.47.